The van der Waals surface area contributed by atoms with Crippen molar-refractivity contribution in [3.05, 3.63) is 16.9 Å². The van der Waals surface area contributed by atoms with Crippen LogP contribution in [0.4, 0.5) is 0 Å². The van der Waals surface area contributed by atoms with E-state index in [1.807, 2.05) is 17.1 Å². The van der Waals surface area contributed by atoms with Crippen molar-refractivity contribution in [3.63, 3.8) is 0 Å². The molecule has 3 nitrogen and oxygen atoms in total. The summed E-state index contributed by atoms with van der Waals surface area (Å²) in [5.41, 5.74) is 0. The van der Waals surface area contributed by atoms with Crippen molar-refractivity contribution in [1.82, 2.24) is 15.1 Å². The average molecular weight is 258 g/mol. The minimum Gasteiger partial charge on any atom is -0.314 e. The van der Waals surface area contributed by atoms with Crippen molar-refractivity contribution in [2.75, 3.05) is 6.54 Å². The van der Waals surface area contributed by atoms with Gasteiger partial charge in [0.1, 0.15) is 0 Å². The van der Waals surface area contributed by atoms with Crippen LogP contribution < -0.4 is 5.32 Å². The van der Waals surface area contributed by atoms with Crippen LogP contribution in [0.15, 0.2) is 16.9 Å². The van der Waals surface area contributed by atoms with Crippen LogP contribution in [0.5, 0.6) is 0 Å². The van der Waals surface area contributed by atoms with Crippen LogP contribution in [0.3, 0.4) is 0 Å². The molecular formula is C10H16BrN3. The SMILES string of the molecule is CC(CNC1CC1)Cn1cc(Br)cn1. The molecule has 0 aromatic carbocycles. The zero-order chi connectivity index (χ0) is 9.97. The third-order valence-electron chi connectivity index (χ3n) is 2.43. The highest BCUT2D eigenvalue weighted by atomic mass is 79.9. The van der Waals surface area contributed by atoms with Crippen LogP contribution in [0, 0.1) is 5.92 Å². The smallest absolute Gasteiger partial charge is 0.0632 e. The average Bonchev–Trinajstić information content (AvgIpc) is 2.88. The number of nitrogens with zero attached hydrogens (tertiary/aromatic N) is 2. The van der Waals surface area contributed by atoms with Crippen molar-refractivity contribution in [2.24, 2.45) is 5.92 Å². The molecule has 0 aliphatic heterocycles. The maximum Gasteiger partial charge on any atom is 0.0632 e. The summed E-state index contributed by atoms with van der Waals surface area (Å²) in [4.78, 5) is 0. The molecule has 1 heterocycles. The zero-order valence-electron chi connectivity index (χ0n) is 8.41. The number of nitrogens with one attached hydrogen (secondary N) is 1. The van der Waals surface area contributed by atoms with Crippen LogP contribution in [-0.4, -0.2) is 22.4 Å². The van der Waals surface area contributed by atoms with E-state index in [-0.39, 0.29) is 0 Å². The van der Waals surface area contributed by atoms with E-state index in [0.717, 1.165) is 23.6 Å². The van der Waals surface area contributed by atoms with Gasteiger partial charge in [-0.05, 0) is 41.2 Å². The minimum absolute atomic E-state index is 0.641. The fourth-order valence-corrected chi connectivity index (χ4v) is 1.81. The van der Waals surface area contributed by atoms with Gasteiger partial charge in [-0.1, -0.05) is 6.92 Å². The predicted octanol–water partition coefficient (Wildman–Crippen LogP) is 2.03. The summed E-state index contributed by atoms with van der Waals surface area (Å²) in [6.07, 6.45) is 6.58. The van der Waals surface area contributed by atoms with E-state index in [2.05, 4.69) is 33.3 Å². The second-order valence-corrected chi connectivity index (χ2v) is 5.08. The molecule has 1 aliphatic carbocycles. The monoisotopic (exact) mass is 257 g/mol. The van der Waals surface area contributed by atoms with Crippen molar-refractivity contribution in [2.45, 2.75) is 32.4 Å². The van der Waals surface area contributed by atoms with E-state index in [0.29, 0.717) is 5.92 Å². The first-order valence-electron chi connectivity index (χ1n) is 5.15. The molecule has 1 unspecified atom stereocenters. The van der Waals surface area contributed by atoms with Gasteiger partial charge < -0.3 is 5.32 Å². The highest BCUT2D eigenvalue weighted by molar-refractivity contribution is 9.10. The number of hydrogen-bond acceptors (Lipinski definition) is 2. The Morgan fingerprint density at radius 2 is 2.50 bits per heavy atom. The lowest BCUT2D eigenvalue weighted by molar-refractivity contribution is 0.421. The summed E-state index contributed by atoms with van der Waals surface area (Å²) in [5.74, 6) is 0.641. The molecule has 1 aromatic heterocycles. The van der Waals surface area contributed by atoms with Gasteiger partial charge in [-0.3, -0.25) is 4.68 Å². The fraction of sp³-hybridized carbons (Fsp3) is 0.700. The van der Waals surface area contributed by atoms with E-state index in [4.69, 9.17) is 0 Å². The van der Waals surface area contributed by atoms with Gasteiger partial charge in [0, 0.05) is 18.8 Å². The number of halogens is 1. The summed E-state index contributed by atoms with van der Waals surface area (Å²) >= 11 is 3.40. The third kappa shape index (κ3) is 3.10. The zero-order valence-corrected chi connectivity index (χ0v) is 10.00. The summed E-state index contributed by atoms with van der Waals surface area (Å²) in [6.45, 7) is 4.35. The van der Waals surface area contributed by atoms with Crippen LogP contribution in [0.1, 0.15) is 19.8 Å². The lowest BCUT2D eigenvalue weighted by Gasteiger charge is -2.11. The molecule has 1 saturated carbocycles. The molecule has 1 aromatic rings. The topological polar surface area (TPSA) is 29.9 Å². The van der Waals surface area contributed by atoms with Crippen molar-refractivity contribution >= 4 is 15.9 Å². The van der Waals surface area contributed by atoms with E-state index in [1.165, 1.54) is 12.8 Å². The molecule has 1 aliphatic rings. The van der Waals surface area contributed by atoms with Crippen molar-refractivity contribution < 1.29 is 0 Å². The molecule has 4 heteroatoms. The largest absolute Gasteiger partial charge is 0.314 e. The summed E-state index contributed by atoms with van der Waals surface area (Å²) in [7, 11) is 0. The maximum absolute atomic E-state index is 4.24. The van der Waals surface area contributed by atoms with Gasteiger partial charge in [0.05, 0.1) is 10.7 Å². The van der Waals surface area contributed by atoms with E-state index >= 15 is 0 Å². The Bertz CT molecular complexity index is 293. The van der Waals surface area contributed by atoms with Gasteiger partial charge >= 0.3 is 0 Å². The molecule has 1 N–H and O–H groups in total. The molecular weight excluding hydrogens is 242 g/mol. The molecule has 0 saturated heterocycles. The number of rotatable bonds is 5. The quantitative estimate of drug-likeness (QED) is 0.875. The Morgan fingerprint density at radius 3 is 3.07 bits per heavy atom. The van der Waals surface area contributed by atoms with E-state index < -0.39 is 0 Å². The number of hydrogen-bond donors (Lipinski definition) is 1. The lowest BCUT2D eigenvalue weighted by Crippen LogP contribution is -2.25. The lowest BCUT2D eigenvalue weighted by atomic mass is 10.2. The summed E-state index contributed by atoms with van der Waals surface area (Å²) in [5, 5.41) is 7.77. The van der Waals surface area contributed by atoms with Crippen LogP contribution in [-0.2, 0) is 6.54 Å². The number of aromatic nitrogens is 2. The highest BCUT2D eigenvalue weighted by Crippen LogP contribution is 2.19. The van der Waals surface area contributed by atoms with Crippen LogP contribution in [0.2, 0.25) is 0 Å². The second-order valence-electron chi connectivity index (χ2n) is 4.17. The Labute approximate surface area is 93.0 Å². The van der Waals surface area contributed by atoms with E-state index in [1.54, 1.807) is 0 Å². The van der Waals surface area contributed by atoms with Gasteiger partial charge in [-0.2, -0.15) is 5.10 Å². The maximum atomic E-state index is 4.24. The van der Waals surface area contributed by atoms with Gasteiger partial charge in [0.25, 0.3) is 0 Å². The standard InChI is InChI=1S/C10H16BrN3/c1-8(4-12-10-2-3-10)6-14-7-9(11)5-13-14/h5,7-8,10,12H,2-4,6H2,1H3. The van der Waals surface area contributed by atoms with E-state index in [9.17, 15) is 0 Å². The molecule has 0 bridgehead atoms. The molecule has 0 radical (unpaired) electrons. The van der Waals surface area contributed by atoms with Crippen molar-refractivity contribution in [1.29, 1.82) is 0 Å². The second kappa shape index (κ2) is 4.45. The molecule has 78 valence electrons. The minimum atomic E-state index is 0.641. The Kier molecular flexibility index (Phi) is 3.23. The summed E-state index contributed by atoms with van der Waals surface area (Å²) < 4.78 is 3.04. The fourth-order valence-electron chi connectivity index (χ4n) is 1.48. The Hall–Kier alpha value is -0.350. The molecule has 1 fully saturated rings. The van der Waals surface area contributed by atoms with Gasteiger partial charge in [0.2, 0.25) is 0 Å². The molecule has 14 heavy (non-hydrogen) atoms. The summed E-state index contributed by atoms with van der Waals surface area (Å²) in [6, 6.07) is 0.807. The molecule has 0 amide bonds. The van der Waals surface area contributed by atoms with Gasteiger partial charge in [0.15, 0.2) is 0 Å². The predicted molar refractivity (Wildman–Crippen MR) is 60.1 cm³/mol. The third-order valence-corrected chi connectivity index (χ3v) is 2.84. The van der Waals surface area contributed by atoms with Crippen LogP contribution >= 0.6 is 15.9 Å². The normalized spacial score (nSPS) is 18.4. The molecule has 2 rings (SSSR count). The van der Waals surface area contributed by atoms with Gasteiger partial charge in [-0.25, -0.2) is 0 Å². The highest BCUT2D eigenvalue weighted by Gasteiger charge is 2.20. The Balaban J connectivity index is 1.72. The first-order chi connectivity index (χ1) is 6.74. The van der Waals surface area contributed by atoms with Crippen molar-refractivity contribution in [3.8, 4) is 0 Å². The van der Waals surface area contributed by atoms with Gasteiger partial charge in [-0.15, -0.1) is 0 Å². The first-order valence-corrected chi connectivity index (χ1v) is 5.94. The Morgan fingerprint density at radius 1 is 1.71 bits per heavy atom. The van der Waals surface area contributed by atoms with Crippen LogP contribution in [0.25, 0.3) is 0 Å². The molecule has 0 spiro atoms. The molecule has 1 atom stereocenters. The first kappa shape index (κ1) is 10.2.